The van der Waals surface area contributed by atoms with Gasteiger partial charge in [0.05, 0.1) is 0 Å². The third-order valence-corrected chi connectivity index (χ3v) is 3.46. The second kappa shape index (κ2) is 5.42. The number of hydrogen-bond acceptors (Lipinski definition) is 5. The number of hydrogen-bond donors (Lipinski definition) is 2. The molecule has 1 aliphatic rings. The fraction of sp³-hybridized carbons (Fsp3) is 0.615. The highest BCUT2D eigenvalue weighted by Crippen LogP contribution is 2.22. The molecule has 1 amide bonds. The number of rotatable bonds is 3. The average molecular weight is 263 g/mol. The number of aryl methyl sites for hydroxylation is 1. The van der Waals surface area contributed by atoms with Crippen LogP contribution in [-0.4, -0.2) is 47.5 Å². The van der Waals surface area contributed by atoms with Gasteiger partial charge in [-0.25, -0.2) is 9.97 Å². The van der Waals surface area contributed by atoms with Gasteiger partial charge in [-0.05, 0) is 20.3 Å². The molecule has 1 saturated heterocycles. The quantitative estimate of drug-likeness (QED) is 0.856. The lowest BCUT2D eigenvalue weighted by atomic mass is 10.1. The highest BCUT2D eigenvalue weighted by molar-refractivity contribution is 5.77. The maximum absolute atomic E-state index is 11.5. The number of piperidine rings is 1. The zero-order valence-electron chi connectivity index (χ0n) is 11.9. The third-order valence-electron chi connectivity index (χ3n) is 3.46. The first-order valence-corrected chi connectivity index (χ1v) is 6.54. The number of carbonyl (C=O) groups is 1. The molecule has 1 aromatic rings. The molecule has 6 heteroatoms. The van der Waals surface area contributed by atoms with Crippen LogP contribution >= 0.6 is 0 Å². The second-order valence-electron chi connectivity index (χ2n) is 5.00. The van der Waals surface area contributed by atoms with Crippen LogP contribution in [0.25, 0.3) is 0 Å². The standard InChI is InChI=1S/C13H21N5O/c1-8-12(14-3)15-9(2)16-13(8)17-10-5-6-11(19)18(4)7-10/h10H,5-7H2,1-4H3,(H2,14,15,16,17). The van der Waals surface area contributed by atoms with Crippen molar-refractivity contribution < 1.29 is 4.79 Å². The van der Waals surface area contributed by atoms with Gasteiger partial charge in [0.2, 0.25) is 5.91 Å². The molecular weight excluding hydrogens is 242 g/mol. The summed E-state index contributed by atoms with van der Waals surface area (Å²) in [5.74, 6) is 2.64. The zero-order valence-corrected chi connectivity index (χ0v) is 11.9. The second-order valence-corrected chi connectivity index (χ2v) is 5.00. The van der Waals surface area contributed by atoms with Crippen molar-refractivity contribution in [2.45, 2.75) is 32.7 Å². The molecule has 0 aromatic carbocycles. The van der Waals surface area contributed by atoms with Crippen LogP contribution in [-0.2, 0) is 4.79 Å². The summed E-state index contributed by atoms with van der Waals surface area (Å²) in [5, 5.41) is 6.50. The van der Waals surface area contributed by atoms with Crippen molar-refractivity contribution in [3.05, 3.63) is 11.4 Å². The number of anilines is 2. The van der Waals surface area contributed by atoms with Crippen LogP contribution in [0.1, 0.15) is 24.2 Å². The molecule has 0 aliphatic carbocycles. The van der Waals surface area contributed by atoms with Gasteiger partial charge in [-0.15, -0.1) is 0 Å². The summed E-state index contributed by atoms with van der Waals surface area (Å²) in [6.07, 6.45) is 1.44. The van der Waals surface area contributed by atoms with Crippen LogP contribution in [0.5, 0.6) is 0 Å². The predicted octanol–water partition coefficient (Wildman–Crippen LogP) is 1.17. The first kappa shape index (κ1) is 13.6. The summed E-state index contributed by atoms with van der Waals surface area (Å²) in [6.45, 7) is 4.59. The minimum atomic E-state index is 0.213. The molecule has 104 valence electrons. The van der Waals surface area contributed by atoms with E-state index in [9.17, 15) is 4.79 Å². The van der Waals surface area contributed by atoms with E-state index in [4.69, 9.17) is 0 Å². The van der Waals surface area contributed by atoms with Gasteiger partial charge in [0.15, 0.2) is 0 Å². The Kier molecular flexibility index (Phi) is 3.87. The van der Waals surface area contributed by atoms with E-state index in [-0.39, 0.29) is 11.9 Å². The van der Waals surface area contributed by atoms with Gasteiger partial charge in [0, 0.05) is 38.7 Å². The smallest absolute Gasteiger partial charge is 0.222 e. The molecule has 0 radical (unpaired) electrons. The summed E-state index contributed by atoms with van der Waals surface area (Å²) in [6, 6.07) is 0.250. The SMILES string of the molecule is CNc1nc(C)nc(NC2CCC(=O)N(C)C2)c1C. The molecule has 19 heavy (non-hydrogen) atoms. The number of likely N-dealkylation sites (N-methyl/N-ethyl adjacent to an activating group) is 1. The van der Waals surface area contributed by atoms with Crippen LogP contribution in [0.4, 0.5) is 11.6 Å². The van der Waals surface area contributed by atoms with Gasteiger partial charge in [-0.2, -0.15) is 0 Å². The minimum Gasteiger partial charge on any atom is -0.373 e. The molecule has 2 N–H and O–H groups in total. The maximum Gasteiger partial charge on any atom is 0.222 e. The van der Waals surface area contributed by atoms with Gasteiger partial charge in [0.25, 0.3) is 0 Å². The maximum atomic E-state index is 11.5. The fourth-order valence-electron chi connectivity index (χ4n) is 2.34. The summed E-state index contributed by atoms with van der Waals surface area (Å²) >= 11 is 0. The number of likely N-dealkylation sites (tertiary alicyclic amines) is 1. The number of amides is 1. The normalized spacial score (nSPS) is 19.5. The Balaban J connectivity index is 2.15. The van der Waals surface area contributed by atoms with E-state index < -0.39 is 0 Å². The zero-order chi connectivity index (χ0) is 14.0. The molecule has 1 aromatic heterocycles. The minimum absolute atomic E-state index is 0.213. The van der Waals surface area contributed by atoms with Crippen molar-refractivity contribution in [1.82, 2.24) is 14.9 Å². The van der Waals surface area contributed by atoms with Crippen molar-refractivity contribution >= 4 is 17.5 Å². The predicted molar refractivity (Wildman–Crippen MR) is 75.3 cm³/mol. The summed E-state index contributed by atoms with van der Waals surface area (Å²) in [5.41, 5.74) is 1.01. The Hall–Kier alpha value is -1.85. The van der Waals surface area contributed by atoms with Crippen LogP contribution in [0.15, 0.2) is 0 Å². The number of aromatic nitrogens is 2. The molecular formula is C13H21N5O. The van der Waals surface area contributed by atoms with Crippen molar-refractivity contribution in [3.8, 4) is 0 Å². The van der Waals surface area contributed by atoms with E-state index in [0.29, 0.717) is 6.42 Å². The lowest BCUT2D eigenvalue weighted by Crippen LogP contribution is -2.43. The van der Waals surface area contributed by atoms with Gasteiger partial charge < -0.3 is 15.5 Å². The van der Waals surface area contributed by atoms with Crippen LogP contribution in [0.3, 0.4) is 0 Å². The van der Waals surface area contributed by atoms with E-state index in [1.165, 1.54) is 0 Å². The summed E-state index contributed by atoms with van der Waals surface area (Å²) in [4.78, 5) is 22.0. The Morgan fingerprint density at radius 2 is 1.95 bits per heavy atom. The lowest BCUT2D eigenvalue weighted by molar-refractivity contribution is -0.132. The van der Waals surface area contributed by atoms with Crippen molar-refractivity contribution in [1.29, 1.82) is 0 Å². The topological polar surface area (TPSA) is 70.1 Å². The molecule has 0 spiro atoms. The summed E-state index contributed by atoms with van der Waals surface area (Å²) in [7, 11) is 3.69. The first-order valence-electron chi connectivity index (χ1n) is 6.54. The highest BCUT2D eigenvalue weighted by atomic mass is 16.2. The Labute approximate surface area is 113 Å². The Morgan fingerprint density at radius 3 is 2.58 bits per heavy atom. The van der Waals surface area contributed by atoms with E-state index in [0.717, 1.165) is 36.0 Å². The van der Waals surface area contributed by atoms with Crippen molar-refractivity contribution in [3.63, 3.8) is 0 Å². The van der Waals surface area contributed by atoms with Crippen molar-refractivity contribution in [2.75, 3.05) is 31.3 Å². The van der Waals surface area contributed by atoms with Gasteiger partial charge >= 0.3 is 0 Å². The van der Waals surface area contributed by atoms with E-state index in [2.05, 4.69) is 20.6 Å². The van der Waals surface area contributed by atoms with Gasteiger partial charge in [0.1, 0.15) is 17.5 Å². The third kappa shape index (κ3) is 2.94. The molecule has 6 nitrogen and oxygen atoms in total. The summed E-state index contributed by atoms with van der Waals surface area (Å²) < 4.78 is 0. The van der Waals surface area contributed by atoms with Crippen LogP contribution < -0.4 is 10.6 Å². The van der Waals surface area contributed by atoms with Crippen LogP contribution in [0, 0.1) is 13.8 Å². The Bertz CT molecular complexity index is 488. The van der Waals surface area contributed by atoms with Crippen molar-refractivity contribution in [2.24, 2.45) is 0 Å². The van der Waals surface area contributed by atoms with E-state index >= 15 is 0 Å². The van der Waals surface area contributed by atoms with Crippen LogP contribution in [0.2, 0.25) is 0 Å². The number of nitrogens with one attached hydrogen (secondary N) is 2. The highest BCUT2D eigenvalue weighted by Gasteiger charge is 2.23. The van der Waals surface area contributed by atoms with E-state index in [1.807, 2.05) is 27.9 Å². The Morgan fingerprint density at radius 1 is 1.26 bits per heavy atom. The molecule has 1 aliphatic heterocycles. The molecule has 2 rings (SSSR count). The van der Waals surface area contributed by atoms with Gasteiger partial charge in [-0.3, -0.25) is 4.79 Å². The monoisotopic (exact) mass is 263 g/mol. The fourth-order valence-corrected chi connectivity index (χ4v) is 2.34. The number of nitrogens with zero attached hydrogens (tertiary/aromatic N) is 3. The molecule has 1 fully saturated rings. The molecule has 0 bridgehead atoms. The molecule has 0 saturated carbocycles. The first-order chi connectivity index (χ1) is 9.01. The lowest BCUT2D eigenvalue weighted by Gasteiger charge is -2.31. The molecule has 1 unspecified atom stereocenters. The molecule has 1 atom stereocenters. The average Bonchev–Trinajstić information content (AvgIpc) is 2.37. The number of carbonyl (C=O) groups excluding carboxylic acids is 1. The largest absolute Gasteiger partial charge is 0.373 e. The molecule has 2 heterocycles. The van der Waals surface area contributed by atoms with E-state index in [1.54, 1.807) is 4.90 Å². The van der Waals surface area contributed by atoms with Gasteiger partial charge in [-0.1, -0.05) is 0 Å².